The Hall–Kier alpha value is 0.0643. The Labute approximate surface area is 89.6 Å². The minimum absolute atomic E-state index is 0. The van der Waals surface area contributed by atoms with Gasteiger partial charge >= 0.3 is 21.7 Å². The molecule has 0 nitrogen and oxygen atoms in total. The van der Waals surface area contributed by atoms with Crippen molar-refractivity contribution >= 4 is 0 Å². The normalized spacial score (nSPS) is 15.1. The standard InChI is InChI=1S/C11H15.Ti/c1-2-9-7-8-10-5-3-4-6-11(9)10;/h7-8H,2-6H2,1H3;/q-1;+2. The maximum Gasteiger partial charge on any atom is 2.00 e. The van der Waals surface area contributed by atoms with E-state index in [0.717, 1.165) is 0 Å². The molecule has 1 aromatic rings. The molecule has 0 amide bonds. The fraction of sp³-hybridized carbons (Fsp3) is 0.545. The predicted molar refractivity (Wildman–Crippen MR) is 48.1 cm³/mol. The molecule has 0 spiro atoms. The zero-order chi connectivity index (χ0) is 7.68. The number of hydrogen-bond donors (Lipinski definition) is 0. The average molecular weight is 195 g/mol. The van der Waals surface area contributed by atoms with Crippen LogP contribution < -0.4 is 0 Å². The summed E-state index contributed by atoms with van der Waals surface area (Å²) < 4.78 is 0. The molecule has 0 aromatic heterocycles. The number of rotatable bonds is 1. The smallest absolute Gasteiger partial charge is 0.210 e. The van der Waals surface area contributed by atoms with Gasteiger partial charge in [0.15, 0.2) is 0 Å². The van der Waals surface area contributed by atoms with Crippen LogP contribution in [0.5, 0.6) is 0 Å². The monoisotopic (exact) mass is 195 g/mol. The zero-order valence-electron chi connectivity index (χ0n) is 7.69. The van der Waals surface area contributed by atoms with Crippen molar-refractivity contribution in [3.8, 4) is 0 Å². The largest absolute Gasteiger partial charge is 2.00 e. The summed E-state index contributed by atoms with van der Waals surface area (Å²) in [4.78, 5) is 0. The number of hydrogen-bond acceptors (Lipinski definition) is 0. The van der Waals surface area contributed by atoms with Crippen molar-refractivity contribution in [3.63, 3.8) is 0 Å². The van der Waals surface area contributed by atoms with Crippen molar-refractivity contribution in [1.29, 1.82) is 0 Å². The first-order chi connectivity index (χ1) is 5.42. The van der Waals surface area contributed by atoms with Crippen LogP contribution in [0.1, 0.15) is 36.5 Å². The Kier molecular flexibility index (Phi) is 3.67. The Morgan fingerprint density at radius 2 is 2.08 bits per heavy atom. The van der Waals surface area contributed by atoms with Crippen molar-refractivity contribution in [2.45, 2.75) is 39.0 Å². The minimum atomic E-state index is 0. The molecule has 0 saturated heterocycles. The molecule has 1 heteroatoms. The molecule has 0 atom stereocenters. The van der Waals surface area contributed by atoms with Crippen LogP contribution in [0.25, 0.3) is 0 Å². The van der Waals surface area contributed by atoms with E-state index in [2.05, 4.69) is 19.1 Å². The van der Waals surface area contributed by atoms with Crippen LogP contribution in [0.15, 0.2) is 12.1 Å². The van der Waals surface area contributed by atoms with Crippen molar-refractivity contribution in [1.82, 2.24) is 0 Å². The van der Waals surface area contributed by atoms with Crippen molar-refractivity contribution < 1.29 is 21.7 Å². The Balaban J connectivity index is 0.000000720. The summed E-state index contributed by atoms with van der Waals surface area (Å²) in [5.74, 6) is 0. The Morgan fingerprint density at radius 1 is 1.33 bits per heavy atom. The number of aryl methyl sites for hydroxylation is 2. The molecular formula is C11H15Ti+. The first-order valence-electron chi connectivity index (χ1n) is 4.68. The second-order valence-corrected chi connectivity index (χ2v) is 3.42. The van der Waals surface area contributed by atoms with E-state index in [1.54, 1.807) is 16.7 Å². The molecule has 12 heavy (non-hydrogen) atoms. The third kappa shape index (κ3) is 1.70. The van der Waals surface area contributed by atoms with Gasteiger partial charge < -0.3 is 0 Å². The van der Waals surface area contributed by atoms with Gasteiger partial charge in [0.05, 0.1) is 0 Å². The summed E-state index contributed by atoms with van der Waals surface area (Å²) in [5.41, 5.74) is 4.91. The second-order valence-electron chi connectivity index (χ2n) is 3.42. The first kappa shape index (κ1) is 10.1. The van der Waals surface area contributed by atoms with Crippen LogP contribution in [0.3, 0.4) is 0 Å². The third-order valence-corrected chi connectivity index (χ3v) is 2.76. The molecule has 0 heterocycles. The van der Waals surface area contributed by atoms with Gasteiger partial charge in [0.25, 0.3) is 0 Å². The van der Waals surface area contributed by atoms with E-state index in [-0.39, 0.29) is 21.7 Å². The van der Waals surface area contributed by atoms with E-state index in [1.165, 1.54) is 32.1 Å². The summed E-state index contributed by atoms with van der Waals surface area (Å²) >= 11 is 0. The minimum Gasteiger partial charge on any atom is -0.210 e. The summed E-state index contributed by atoms with van der Waals surface area (Å²) in [5, 5.41) is 0. The Morgan fingerprint density at radius 3 is 2.83 bits per heavy atom. The van der Waals surface area contributed by atoms with Gasteiger partial charge in [0.2, 0.25) is 0 Å². The molecule has 1 aliphatic rings. The fourth-order valence-electron chi connectivity index (χ4n) is 2.11. The molecule has 62 valence electrons. The van der Waals surface area contributed by atoms with E-state index in [1.807, 2.05) is 0 Å². The van der Waals surface area contributed by atoms with Crippen LogP contribution in [-0.2, 0) is 41.0 Å². The molecule has 0 radical (unpaired) electrons. The van der Waals surface area contributed by atoms with Gasteiger partial charge in [-0.2, -0.15) is 22.8 Å². The topological polar surface area (TPSA) is 0 Å². The van der Waals surface area contributed by atoms with Gasteiger partial charge in [-0.15, -0.1) is 0 Å². The van der Waals surface area contributed by atoms with E-state index in [9.17, 15) is 0 Å². The van der Waals surface area contributed by atoms with Crippen molar-refractivity contribution in [2.75, 3.05) is 0 Å². The van der Waals surface area contributed by atoms with E-state index < -0.39 is 0 Å². The number of fused-ring (bicyclic) bond motifs is 1. The van der Waals surface area contributed by atoms with Gasteiger partial charge in [-0.3, -0.25) is 0 Å². The van der Waals surface area contributed by atoms with Crippen LogP contribution in [0.2, 0.25) is 0 Å². The summed E-state index contributed by atoms with van der Waals surface area (Å²) in [6.07, 6.45) is 6.69. The maximum atomic E-state index is 2.33. The third-order valence-electron chi connectivity index (χ3n) is 2.76. The van der Waals surface area contributed by atoms with Crippen LogP contribution in [0, 0.1) is 0 Å². The van der Waals surface area contributed by atoms with Gasteiger partial charge in [-0.25, -0.2) is 6.07 Å². The van der Waals surface area contributed by atoms with E-state index in [4.69, 9.17) is 0 Å². The summed E-state index contributed by atoms with van der Waals surface area (Å²) in [6.45, 7) is 2.25. The molecule has 0 aliphatic heterocycles. The molecule has 0 saturated carbocycles. The average Bonchev–Trinajstić information content (AvgIpc) is 2.47. The molecule has 1 aliphatic carbocycles. The molecule has 0 N–H and O–H groups in total. The molecule has 0 fully saturated rings. The second kappa shape index (κ2) is 4.34. The fourth-order valence-corrected chi connectivity index (χ4v) is 2.11. The van der Waals surface area contributed by atoms with Gasteiger partial charge in [-0.1, -0.05) is 39.0 Å². The van der Waals surface area contributed by atoms with Crippen LogP contribution in [0.4, 0.5) is 0 Å². The SMILES string of the molecule is CC[c-]1ccc2c1CCCC2.[Ti+2]. The molecule has 2 rings (SSSR count). The van der Waals surface area contributed by atoms with Gasteiger partial charge in [0, 0.05) is 0 Å². The van der Waals surface area contributed by atoms with E-state index >= 15 is 0 Å². The molecular weight excluding hydrogens is 180 g/mol. The maximum absolute atomic E-state index is 2.33. The van der Waals surface area contributed by atoms with Crippen LogP contribution >= 0.6 is 0 Å². The Bertz CT molecular complexity index is 234. The predicted octanol–water partition coefficient (Wildman–Crippen LogP) is 2.84. The molecule has 0 unspecified atom stereocenters. The van der Waals surface area contributed by atoms with E-state index in [0.29, 0.717) is 0 Å². The van der Waals surface area contributed by atoms with Crippen LogP contribution in [-0.4, -0.2) is 0 Å². The quantitative estimate of drug-likeness (QED) is 0.477. The van der Waals surface area contributed by atoms with Gasteiger partial charge in [0.1, 0.15) is 0 Å². The summed E-state index contributed by atoms with van der Waals surface area (Å²) in [6, 6.07) is 4.64. The summed E-state index contributed by atoms with van der Waals surface area (Å²) in [7, 11) is 0. The molecule has 1 aromatic carbocycles. The first-order valence-corrected chi connectivity index (χ1v) is 4.68. The van der Waals surface area contributed by atoms with Crippen molar-refractivity contribution in [2.24, 2.45) is 0 Å². The van der Waals surface area contributed by atoms with Gasteiger partial charge in [-0.05, 0) is 0 Å². The van der Waals surface area contributed by atoms with Crippen molar-refractivity contribution in [3.05, 3.63) is 28.8 Å². The molecule has 0 bridgehead atoms. The zero-order valence-corrected chi connectivity index (χ0v) is 9.25.